The molecule has 146 valence electrons. The van der Waals surface area contributed by atoms with Crippen molar-refractivity contribution < 1.29 is 13.2 Å². The number of piperidine rings is 1. The fourth-order valence-corrected chi connectivity index (χ4v) is 4.21. The molecule has 0 bridgehead atoms. The normalized spacial score (nSPS) is 16.7. The summed E-state index contributed by atoms with van der Waals surface area (Å²) in [6.07, 6.45) is 2.25. The topological polar surface area (TPSA) is 83.0 Å². The van der Waals surface area contributed by atoms with Crippen LogP contribution in [0.1, 0.15) is 19.8 Å². The Morgan fingerprint density at radius 1 is 1.35 bits per heavy atom. The number of benzene rings is 1. The smallest absolute Gasteiger partial charge is 0.240 e. The first-order chi connectivity index (χ1) is 12.5. The first-order valence-corrected chi connectivity index (χ1v) is 10.6. The lowest BCUT2D eigenvalue weighted by Gasteiger charge is -2.34. The Hall–Kier alpha value is -1.35. The van der Waals surface area contributed by atoms with E-state index >= 15 is 0 Å². The lowest BCUT2D eigenvalue weighted by molar-refractivity contribution is 0.0264. The van der Waals surface area contributed by atoms with Crippen molar-refractivity contribution in [3.63, 3.8) is 0 Å². The molecule has 1 aromatic rings. The van der Waals surface area contributed by atoms with Crippen molar-refractivity contribution in [1.29, 1.82) is 0 Å². The van der Waals surface area contributed by atoms with E-state index in [2.05, 4.69) is 19.9 Å². The van der Waals surface area contributed by atoms with Crippen LogP contribution in [0.25, 0.3) is 0 Å². The molecular formula is C17H27ClN4O3S. The Balaban J connectivity index is 1.78. The van der Waals surface area contributed by atoms with Crippen LogP contribution in [-0.4, -0.2) is 65.2 Å². The summed E-state index contributed by atoms with van der Waals surface area (Å²) in [6, 6.07) is 6.20. The summed E-state index contributed by atoms with van der Waals surface area (Å²) in [5, 5.41) is 3.59. The predicted octanol–water partition coefficient (Wildman–Crippen LogP) is 1.69. The molecule has 2 N–H and O–H groups in total. The number of sulfonamides is 1. The number of nitrogens with zero attached hydrogens (tertiary/aromatic N) is 2. The van der Waals surface area contributed by atoms with Crippen molar-refractivity contribution in [3.8, 4) is 0 Å². The van der Waals surface area contributed by atoms with Gasteiger partial charge in [0.25, 0.3) is 0 Å². The van der Waals surface area contributed by atoms with Crippen LogP contribution in [0.5, 0.6) is 0 Å². The molecule has 1 saturated heterocycles. The predicted molar refractivity (Wildman–Crippen MR) is 104 cm³/mol. The number of aliphatic imine (C=N–C) groups is 1. The lowest BCUT2D eigenvalue weighted by atomic mass is 10.1. The van der Waals surface area contributed by atoms with E-state index in [1.54, 1.807) is 19.2 Å². The van der Waals surface area contributed by atoms with E-state index in [4.69, 9.17) is 16.3 Å². The van der Waals surface area contributed by atoms with Gasteiger partial charge in [-0.3, -0.25) is 4.99 Å². The molecule has 1 aliphatic rings. The second kappa shape index (κ2) is 10.1. The summed E-state index contributed by atoms with van der Waals surface area (Å²) in [5.74, 6) is 0.780. The monoisotopic (exact) mass is 402 g/mol. The summed E-state index contributed by atoms with van der Waals surface area (Å²) in [7, 11) is -1.84. The molecule has 0 unspecified atom stereocenters. The molecule has 1 aromatic carbocycles. The Kier molecular flexibility index (Phi) is 8.15. The van der Waals surface area contributed by atoms with Gasteiger partial charge in [-0.25, -0.2) is 13.1 Å². The van der Waals surface area contributed by atoms with Crippen molar-refractivity contribution in [1.82, 2.24) is 14.9 Å². The number of rotatable bonds is 7. The van der Waals surface area contributed by atoms with Crippen molar-refractivity contribution in [3.05, 3.63) is 29.3 Å². The van der Waals surface area contributed by atoms with Gasteiger partial charge in [-0.2, -0.15) is 0 Å². The van der Waals surface area contributed by atoms with E-state index < -0.39 is 10.0 Å². The fraction of sp³-hybridized carbons (Fsp3) is 0.588. The van der Waals surface area contributed by atoms with Crippen molar-refractivity contribution >= 4 is 27.6 Å². The zero-order valence-electron chi connectivity index (χ0n) is 15.2. The minimum atomic E-state index is -3.57. The Morgan fingerprint density at radius 3 is 2.69 bits per heavy atom. The molecular weight excluding hydrogens is 376 g/mol. The highest BCUT2D eigenvalue weighted by atomic mass is 35.5. The largest absolute Gasteiger partial charge is 0.378 e. The van der Waals surface area contributed by atoms with Crippen LogP contribution in [0.4, 0.5) is 0 Å². The van der Waals surface area contributed by atoms with Crippen LogP contribution in [0.3, 0.4) is 0 Å². The van der Waals surface area contributed by atoms with Crippen molar-refractivity contribution in [2.24, 2.45) is 4.99 Å². The molecule has 1 fully saturated rings. The van der Waals surface area contributed by atoms with Gasteiger partial charge in [0.15, 0.2) is 5.96 Å². The third-order valence-electron chi connectivity index (χ3n) is 4.16. The molecule has 2 rings (SSSR count). The van der Waals surface area contributed by atoms with E-state index in [0.717, 1.165) is 38.5 Å². The highest BCUT2D eigenvalue weighted by Gasteiger charge is 2.21. The maximum atomic E-state index is 12.2. The van der Waals surface area contributed by atoms with Gasteiger partial charge >= 0.3 is 0 Å². The summed E-state index contributed by atoms with van der Waals surface area (Å²) in [6.45, 7) is 5.19. The Morgan fingerprint density at radius 2 is 2.08 bits per heavy atom. The van der Waals surface area contributed by atoms with Gasteiger partial charge in [-0.05, 0) is 38.0 Å². The van der Waals surface area contributed by atoms with Gasteiger partial charge in [0.1, 0.15) is 0 Å². The average molecular weight is 403 g/mol. The number of ether oxygens (including phenoxy) is 1. The molecule has 1 aliphatic heterocycles. The first kappa shape index (κ1) is 21.0. The van der Waals surface area contributed by atoms with E-state index in [1.165, 1.54) is 12.1 Å². The molecule has 26 heavy (non-hydrogen) atoms. The van der Waals surface area contributed by atoms with Crippen LogP contribution in [0.2, 0.25) is 5.02 Å². The molecule has 1 heterocycles. The number of nitrogens with one attached hydrogen (secondary N) is 2. The molecule has 0 atom stereocenters. The lowest BCUT2D eigenvalue weighted by Crippen LogP contribution is -2.48. The zero-order valence-corrected chi connectivity index (χ0v) is 16.8. The van der Waals surface area contributed by atoms with Crippen LogP contribution in [-0.2, 0) is 14.8 Å². The maximum absolute atomic E-state index is 12.2. The number of hydrogen-bond donors (Lipinski definition) is 2. The summed E-state index contributed by atoms with van der Waals surface area (Å²) >= 11 is 5.85. The van der Waals surface area contributed by atoms with E-state index in [-0.39, 0.29) is 11.4 Å². The Labute approximate surface area is 160 Å². The van der Waals surface area contributed by atoms with Crippen LogP contribution >= 0.6 is 11.6 Å². The van der Waals surface area contributed by atoms with Gasteiger partial charge in [0, 0.05) is 44.9 Å². The number of guanidine groups is 1. The van der Waals surface area contributed by atoms with E-state index in [0.29, 0.717) is 17.7 Å². The van der Waals surface area contributed by atoms with E-state index in [1.807, 2.05) is 6.92 Å². The molecule has 0 radical (unpaired) electrons. The first-order valence-electron chi connectivity index (χ1n) is 8.78. The fourth-order valence-electron chi connectivity index (χ4n) is 2.88. The van der Waals surface area contributed by atoms with Gasteiger partial charge in [-0.15, -0.1) is 0 Å². The van der Waals surface area contributed by atoms with Gasteiger partial charge in [0.05, 0.1) is 11.0 Å². The van der Waals surface area contributed by atoms with Gasteiger partial charge < -0.3 is 15.0 Å². The second-order valence-corrected chi connectivity index (χ2v) is 8.17. The molecule has 0 spiro atoms. The molecule has 7 nitrogen and oxygen atoms in total. The SMILES string of the molecule is CCOC1CCN(C(=NC)NCCNS(=O)(=O)c2cccc(Cl)c2)CC1. The number of halogens is 1. The summed E-state index contributed by atoms with van der Waals surface area (Å²) in [4.78, 5) is 6.61. The highest BCUT2D eigenvalue weighted by Crippen LogP contribution is 2.15. The Bertz CT molecular complexity index is 704. The minimum absolute atomic E-state index is 0.160. The standard InChI is InChI=1S/C17H27ClN4O3S/c1-3-25-15-7-11-22(12-8-15)17(19-2)20-9-10-21-26(23,24)16-6-4-5-14(18)13-16/h4-6,13,15,21H,3,7-12H2,1-2H3,(H,19,20). The minimum Gasteiger partial charge on any atom is -0.378 e. The van der Waals surface area contributed by atoms with Gasteiger partial charge in [0.2, 0.25) is 10.0 Å². The third kappa shape index (κ3) is 6.12. The van der Waals surface area contributed by atoms with Crippen LogP contribution in [0.15, 0.2) is 34.2 Å². The summed E-state index contributed by atoms with van der Waals surface area (Å²) < 4.78 is 32.7. The van der Waals surface area contributed by atoms with Gasteiger partial charge in [-0.1, -0.05) is 17.7 Å². The summed E-state index contributed by atoms with van der Waals surface area (Å²) in [5.41, 5.74) is 0. The molecule has 0 aliphatic carbocycles. The average Bonchev–Trinajstić information content (AvgIpc) is 2.63. The van der Waals surface area contributed by atoms with Crippen molar-refractivity contribution in [2.75, 3.05) is 39.8 Å². The number of hydrogen-bond acceptors (Lipinski definition) is 4. The quantitative estimate of drug-likeness (QED) is 0.412. The zero-order chi connectivity index (χ0) is 19.0. The third-order valence-corrected chi connectivity index (χ3v) is 5.86. The maximum Gasteiger partial charge on any atom is 0.240 e. The molecule has 0 amide bonds. The molecule has 0 saturated carbocycles. The highest BCUT2D eigenvalue weighted by molar-refractivity contribution is 7.89. The van der Waals surface area contributed by atoms with Crippen LogP contribution in [0, 0.1) is 0 Å². The second-order valence-electron chi connectivity index (χ2n) is 5.97. The van der Waals surface area contributed by atoms with Crippen LogP contribution < -0.4 is 10.0 Å². The number of likely N-dealkylation sites (tertiary alicyclic amines) is 1. The molecule has 9 heteroatoms. The van der Waals surface area contributed by atoms with E-state index in [9.17, 15) is 8.42 Å². The van der Waals surface area contributed by atoms with Crippen molar-refractivity contribution in [2.45, 2.75) is 30.8 Å². The molecule has 0 aromatic heterocycles.